The maximum Gasteiger partial charge on any atom is 0.271 e. The number of ether oxygens (including phenoxy) is 2. The molecule has 0 N–H and O–H groups in total. The van der Waals surface area contributed by atoms with E-state index in [0.29, 0.717) is 33.9 Å². The topological polar surface area (TPSA) is 97.5 Å². The highest BCUT2D eigenvalue weighted by Gasteiger charge is 2.36. The molecule has 6 rings (SSSR count). The second kappa shape index (κ2) is 10.0. The lowest BCUT2D eigenvalue weighted by molar-refractivity contribution is -0.141. The first-order valence-corrected chi connectivity index (χ1v) is 12.4. The number of para-hydroxylation sites is 1. The van der Waals surface area contributed by atoms with E-state index in [1.54, 1.807) is 54.2 Å². The minimum atomic E-state index is -0.668. The summed E-state index contributed by atoms with van der Waals surface area (Å²) in [5, 5.41) is 14.6. The first-order chi connectivity index (χ1) is 19.4. The van der Waals surface area contributed by atoms with Gasteiger partial charge in [-0.25, -0.2) is 9.07 Å². The van der Waals surface area contributed by atoms with Crippen molar-refractivity contribution in [3.63, 3.8) is 0 Å². The van der Waals surface area contributed by atoms with E-state index in [1.165, 1.54) is 12.1 Å². The highest BCUT2D eigenvalue weighted by atomic mass is 19.1. The summed E-state index contributed by atoms with van der Waals surface area (Å²) in [5.41, 5.74) is 3.49. The van der Waals surface area contributed by atoms with Crippen LogP contribution in [-0.4, -0.2) is 33.3 Å². The van der Waals surface area contributed by atoms with Crippen molar-refractivity contribution < 1.29 is 23.5 Å². The van der Waals surface area contributed by atoms with Gasteiger partial charge in [0.15, 0.2) is 11.5 Å². The van der Waals surface area contributed by atoms with Crippen molar-refractivity contribution in [3.8, 4) is 34.5 Å². The average molecular weight is 533 g/mol. The van der Waals surface area contributed by atoms with Crippen LogP contribution in [0.25, 0.3) is 23.0 Å². The Morgan fingerprint density at radius 3 is 2.50 bits per heavy atom. The summed E-state index contributed by atoms with van der Waals surface area (Å²) in [6.45, 7) is 1.62. The van der Waals surface area contributed by atoms with Crippen molar-refractivity contribution in [1.29, 1.82) is 5.26 Å². The summed E-state index contributed by atoms with van der Waals surface area (Å²) in [4.78, 5) is 28.0. The minimum absolute atomic E-state index is 0.0573. The maximum absolute atomic E-state index is 13.8. The quantitative estimate of drug-likeness (QED) is 0.259. The molecule has 0 saturated carbocycles. The van der Waals surface area contributed by atoms with Gasteiger partial charge in [0.1, 0.15) is 17.5 Å². The molecule has 0 aliphatic carbocycles. The summed E-state index contributed by atoms with van der Waals surface area (Å²) in [6, 6.07) is 22.4. The van der Waals surface area contributed by atoms with Gasteiger partial charge in [-0.05, 0) is 72.7 Å². The molecule has 0 radical (unpaired) electrons. The number of hydrogen-bond donors (Lipinski definition) is 0. The summed E-state index contributed by atoms with van der Waals surface area (Å²) >= 11 is 0. The number of imide groups is 1. The Bertz CT molecular complexity index is 1770. The fourth-order valence-corrected chi connectivity index (χ4v) is 4.69. The molecule has 0 atom stereocenters. The molecule has 3 aromatic carbocycles. The summed E-state index contributed by atoms with van der Waals surface area (Å²) < 4.78 is 26.1. The van der Waals surface area contributed by atoms with E-state index in [9.17, 15) is 19.2 Å². The molecule has 2 aliphatic rings. The number of benzene rings is 3. The first kappa shape index (κ1) is 24.8. The Labute approximate surface area is 228 Å². The first-order valence-electron chi connectivity index (χ1n) is 12.4. The van der Waals surface area contributed by atoms with Gasteiger partial charge in [0.2, 0.25) is 6.79 Å². The van der Waals surface area contributed by atoms with E-state index in [4.69, 9.17) is 14.6 Å². The lowest BCUT2D eigenvalue weighted by atomic mass is 9.93. The van der Waals surface area contributed by atoms with Crippen molar-refractivity contribution >= 4 is 17.9 Å². The van der Waals surface area contributed by atoms with Gasteiger partial charge in [-0.2, -0.15) is 10.4 Å². The molecule has 0 saturated heterocycles. The van der Waals surface area contributed by atoms with Crippen LogP contribution in [0.2, 0.25) is 0 Å². The monoisotopic (exact) mass is 532 g/mol. The third-order valence-corrected chi connectivity index (χ3v) is 6.78. The smallest absolute Gasteiger partial charge is 0.271 e. The molecule has 196 valence electrons. The molecule has 0 fully saturated rings. The molecule has 8 nitrogen and oxygen atoms in total. The van der Waals surface area contributed by atoms with E-state index in [0.717, 1.165) is 10.6 Å². The zero-order chi connectivity index (χ0) is 27.8. The molecule has 4 aromatic rings. The molecular formula is C31H21FN4O4. The molecule has 3 heterocycles. The van der Waals surface area contributed by atoms with Crippen molar-refractivity contribution in [2.45, 2.75) is 13.5 Å². The van der Waals surface area contributed by atoms with E-state index in [2.05, 4.69) is 0 Å². The fourth-order valence-electron chi connectivity index (χ4n) is 4.69. The molecule has 40 heavy (non-hydrogen) atoms. The molecule has 2 aliphatic heterocycles. The molecule has 2 amide bonds. The number of fused-ring (bicyclic) bond motifs is 1. The van der Waals surface area contributed by atoms with Crippen LogP contribution in [0.1, 0.15) is 18.1 Å². The Morgan fingerprint density at radius 1 is 1.00 bits per heavy atom. The Balaban J connectivity index is 1.45. The molecule has 0 unspecified atom stereocenters. The predicted molar refractivity (Wildman–Crippen MR) is 143 cm³/mol. The number of rotatable bonds is 5. The van der Waals surface area contributed by atoms with Gasteiger partial charge < -0.3 is 9.47 Å². The normalized spacial score (nSPS) is 15.6. The number of nitriles is 1. The average Bonchev–Trinajstić information content (AvgIpc) is 3.62. The number of aromatic nitrogens is 2. The van der Waals surface area contributed by atoms with Gasteiger partial charge >= 0.3 is 0 Å². The van der Waals surface area contributed by atoms with Crippen LogP contribution in [0.4, 0.5) is 4.39 Å². The van der Waals surface area contributed by atoms with E-state index in [1.807, 2.05) is 36.4 Å². The molecule has 0 spiro atoms. The van der Waals surface area contributed by atoms with Crippen LogP contribution in [0.5, 0.6) is 11.5 Å². The van der Waals surface area contributed by atoms with Gasteiger partial charge in [-0.15, -0.1) is 0 Å². The molecule has 0 bridgehead atoms. The Hall–Kier alpha value is -5.49. The lowest BCUT2D eigenvalue weighted by Gasteiger charge is -2.27. The van der Waals surface area contributed by atoms with Crippen molar-refractivity contribution in [1.82, 2.24) is 14.7 Å². The number of carbonyl (C=O) groups excluding carboxylic acids is 2. The van der Waals surface area contributed by atoms with Crippen molar-refractivity contribution in [2.24, 2.45) is 0 Å². The van der Waals surface area contributed by atoms with Crippen LogP contribution in [0.15, 0.2) is 95.7 Å². The second-order valence-corrected chi connectivity index (χ2v) is 9.27. The van der Waals surface area contributed by atoms with Gasteiger partial charge in [-0.3, -0.25) is 14.5 Å². The lowest BCUT2D eigenvalue weighted by Crippen LogP contribution is -2.42. The highest BCUT2D eigenvalue weighted by molar-refractivity contribution is 6.19. The minimum Gasteiger partial charge on any atom is -0.454 e. The highest BCUT2D eigenvalue weighted by Crippen LogP contribution is 2.35. The third kappa shape index (κ3) is 4.41. The zero-order valence-corrected chi connectivity index (χ0v) is 21.3. The summed E-state index contributed by atoms with van der Waals surface area (Å²) in [6.07, 6.45) is 3.38. The van der Waals surface area contributed by atoms with Gasteiger partial charge in [-0.1, -0.05) is 24.3 Å². The number of carbonyl (C=O) groups is 2. The van der Waals surface area contributed by atoms with E-state index in [-0.39, 0.29) is 35.9 Å². The Kier molecular flexibility index (Phi) is 6.21. The fraction of sp³-hybridized carbons (Fsp3) is 0.0968. The number of nitrogens with zero attached hydrogens (tertiary/aromatic N) is 4. The number of hydrogen-bond acceptors (Lipinski definition) is 6. The van der Waals surface area contributed by atoms with E-state index >= 15 is 0 Å². The molecule has 1 aromatic heterocycles. The van der Waals surface area contributed by atoms with Gasteiger partial charge in [0.05, 0.1) is 17.9 Å². The molecule has 9 heteroatoms. The van der Waals surface area contributed by atoms with Crippen molar-refractivity contribution in [3.05, 3.63) is 113 Å². The van der Waals surface area contributed by atoms with Crippen LogP contribution in [0, 0.1) is 17.1 Å². The van der Waals surface area contributed by atoms with Gasteiger partial charge in [0, 0.05) is 22.9 Å². The van der Waals surface area contributed by atoms with Crippen LogP contribution in [-0.2, 0) is 16.1 Å². The predicted octanol–water partition coefficient (Wildman–Crippen LogP) is 5.20. The van der Waals surface area contributed by atoms with Gasteiger partial charge in [0.25, 0.3) is 11.8 Å². The van der Waals surface area contributed by atoms with Crippen LogP contribution in [0.3, 0.4) is 0 Å². The SMILES string of the molecule is CC1=C(C#N)C(=O)N(Cc2ccc3c(c2)OCO3)C(=O)/C1=C/c1cn(-c2ccccc2)nc1-c1ccc(F)cc1. The standard InChI is InChI=1S/C31H21FN4O4/c1-19-25(30(37)35(31(38)26(19)15-33)16-20-7-12-27-28(13-20)40-18-39-27)14-22-17-36(24-5-3-2-4-6-24)34-29(22)21-8-10-23(32)11-9-21/h2-14,17H,16,18H2,1H3/b25-14+. The van der Waals surface area contributed by atoms with Crippen LogP contribution >= 0.6 is 0 Å². The summed E-state index contributed by atoms with van der Waals surface area (Å²) in [5.74, 6) is -0.494. The molecular weight excluding hydrogens is 511 g/mol. The number of amides is 2. The van der Waals surface area contributed by atoms with Crippen molar-refractivity contribution in [2.75, 3.05) is 6.79 Å². The summed E-state index contributed by atoms with van der Waals surface area (Å²) in [7, 11) is 0. The Morgan fingerprint density at radius 2 is 1.75 bits per heavy atom. The third-order valence-electron chi connectivity index (χ3n) is 6.78. The number of halogens is 1. The van der Waals surface area contributed by atoms with Crippen LogP contribution < -0.4 is 9.47 Å². The zero-order valence-electron chi connectivity index (χ0n) is 21.3. The van der Waals surface area contributed by atoms with E-state index < -0.39 is 11.8 Å². The largest absolute Gasteiger partial charge is 0.454 e. The maximum atomic E-state index is 13.8. The second-order valence-electron chi connectivity index (χ2n) is 9.27.